The zero-order chi connectivity index (χ0) is 13.9. The number of nitrogens with zero attached hydrogens (tertiary/aromatic N) is 2. The second kappa shape index (κ2) is 5.33. The molecule has 0 aromatic carbocycles. The van der Waals surface area contributed by atoms with Gasteiger partial charge in [0.1, 0.15) is 11.4 Å². The summed E-state index contributed by atoms with van der Waals surface area (Å²) in [6, 6.07) is 3.72. The van der Waals surface area contributed by atoms with E-state index in [0.717, 1.165) is 4.88 Å². The van der Waals surface area contributed by atoms with Gasteiger partial charge in [-0.25, -0.2) is 14.8 Å². The Morgan fingerprint density at radius 1 is 1.47 bits per heavy atom. The lowest BCUT2D eigenvalue weighted by Crippen LogP contribution is -2.30. The highest BCUT2D eigenvalue weighted by molar-refractivity contribution is 7.10. The summed E-state index contributed by atoms with van der Waals surface area (Å²) in [5.74, 6) is -0.702. The molecule has 0 aliphatic carbocycles. The Hall–Kier alpha value is -1.99. The number of carbonyl (C=O) groups is 1. The van der Waals surface area contributed by atoms with Crippen LogP contribution in [0.25, 0.3) is 0 Å². The molecule has 6 nitrogen and oxygen atoms in total. The maximum absolute atomic E-state index is 10.6. The maximum Gasteiger partial charge on any atom is 0.356 e. The summed E-state index contributed by atoms with van der Waals surface area (Å²) in [5.41, 5.74) is -1.13. The van der Waals surface area contributed by atoms with Gasteiger partial charge in [-0.1, -0.05) is 6.07 Å². The average molecular weight is 279 g/mol. The molecule has 1 unspecified atom stereocenters. The van der Waals surface area contributed by atoms with Crippen LogP contribution >= 0.6 is 11.3 Å². The molecule has 0 bridgehead atoms. The topological polar surface area (TPSA) is 95.3 Å². The van der Waals surface area contributed by atoms with E-state index < -0.39 is 11.6 Å². The number of anilines is 1. The molecule has 0 spiro atoms. The molecule has 2 rings (SSSR count). The fourth-order valence-electron chi connectivity index (χ4n) is 1.46. The van der Waals surface area contributed by atoms with E-state index in [9.17, 15) is 9.90 Å². The third kappa shape index (κ3) is 3.27. The highest BCUT2D eigenvalue weighted by atomic mass is 32.1. The van der Waals surface area contributed by atoms with E-state index in [0.29, 0.717) is 5.82 Å². The van der Waals surface area contributed by atoms with Crippen molar-refractivity contribution in [3.63, 3.8) is 0 Å². The van der Waals surface area contributed by atoms with E-state index in [2.05, 4.69) is 15.3 Å². The quantitative estimate of drug-likeness (QED) is 0.768. The number of aromatic carboxylic acids is 1. The number of rotatable bonds is 5. The number of thiophene rings is 1. The van der Waals surface area contributed by atoms with Crippen LogP contribution in [0.4, 0.5) is 5.82 Å². The van der Waals surface area contributed by atoms with Gasteiger partial charge in [-0.2, -0.15) is 0 Å². The predicted octanol–water partition coefficient (Wildman–Crippen LogP) is 1.56. The zero-order valence-electron chi connectivity index (χ0n) is 10.2. The van der Waals surface area contributed by atoms with Gasteiger partial charge in [0.2, 0.25) is 0 Å². The first-order valence-electron chi connectivity index (χ1n) is 5.54. The van der Waals surface area contributed by atoms with Gasteiger partial charge in [0.25, 0.3) is 0 Å². The molecule has 0 fully saturated rings. The number of carboxylic acids is 1. The normalized spacial score (nSPS) is 13.8. The van der Waals surface area contributed by atoms with Gasteiger partial charge >= 0.3 is 5.97 Å². The Balaban J connectivity index is 2.00. The second-order valence-corrected chi connectivity index (χ2v) is 5.14. The number of hydrogen-bond acceptors (Lipinski definition) is 6. The first kappa shape index (κ1) is 13.4. The molecule has 7 heteroatoms. The van der Waals surface area contributed by atoms with Gasteiger partial charge in [0.15, 0.2) is 5.69 Å². The SMILES string of the molecule is CC(O)(CNc1cnc(C(=O)O)cn1)c1cccs1. The van der Waals surface area contributed by atoms with Gasteiger partial charge < -0.3 is 15.5 Å². The molecule has 2 aromatic rings. The van der Waals surface area contributed by atoms with Crippen molar-refractivity contribution in [2.75, 3.05) is 11.9 Å². The molecule has 3 N–H and O–H groups in total. The summed E-state index contributed by atoms with van der Waals surface area (Å²) in [7, 11) is 0. The maximum atomic E-state index is 10.6. The molecule has 0 radical (unpaired) electrons. The second-order valence-electron chi connectivity index (χ2n) is 4.20. The lowest BCUT2D eigenvalue weighted by molar-refractivity contribution is 0.0688. The molecule has 1 atom stereocenters. The van der Waals surface area contributed by atoms with Gasteiger partial charge in [0.05, 0.1) is 12.4 Å². The standard InChI is InChI=1S/C12H13N3O3S/c1-12(18,9-3-2-4-19-9)7-15-10-6-13-8(5-14-10)11(16)17/h2-6,18H,7H2,1H3,(H,14,15)(H,16,17). The molecule has 2 aromatic heterocycles. The summed E-state index contributed by atoms with van der Waals surface area (Å²) >= 11 is 1.47. The van der Waals surface area contributed by atoms with E-state index in [4.69, 9.17) is 5.11 Å². The largest absolute Gasteiger partial charge is 0.476 e. The van der Waals surface area contributed by atoms with E-state index in [1.165, 1.54) is 23.7 Å². The van der Waals surface area contributed by atoms with Crippen LogP contribution in [0.3, 0.4) is 0 Å². The molecule has 2 heterocycles. The van der Waals surface area contributed by atoms with Crippen molar-refractivity contribution in [3.8, 4) is 0 Å². The number of hydrogen-bond donors (Lipinski definition) is 3. The Morgan fingerprint density at radius 2 is 2.26 bits per heavy atom. The van der Waals surface area contributed by atoms with E-state index >= 15 is 0 Å². The van der Waals surface area contributed by atoms with Crippen LogP contribution in [-0.2, 0) is 5.60 Å². The van der Waals surface area contributed by atoms with Crippen molar-refractivity contribution in [3.05, 3.63) is 40.5 Å². The molecular formula is C12H13N3O3S. The summed E-state index contributed by atoms with van der Waals surface area (Å²) in [6.45, 7) is 1.96. The number of aromatic nitrogens is 2. The van der Waals surface area contributed by atoms with E-state index in [-0.39, 0.29) is 12.2 Å². The van der Waals surface area contributed by atoms with Gasteiger partial charge in [-0.05, 0) is 18.4 Å². The summed E-state index contributed by atoms with van der Waals surface area (Å²) in [6.07, 6.45) is 2.50. The molecule has 19 heavy (non-hydrogen) atoms. The van der Waals surface area contributed by atoms with Crippen LogP contribution in [0.15, 0.2) is 29.9 Å². The summed E-state index contributed by atoms with van der Waals surface area (Å²) in [4.78, 5) is 19.1. The smallest absolute Gasteiger partial charge is 0.356 e. The Kier molecular flexibility index (Phi) is 3.77. The molecule has 0 aliphatic rings. The lowest BCUT2D eigenvalue weighted by Gasteiger charge is -2.22. The van der Waals surface area contributed by atoms with Crippen LogP contribution in [-0.4, -0.2) is 32.7 Å². The third-order valence-electron chi connectivity index (χ3n) is 2.54. The summed E-state index contributed by atoms with van der Waals surface area (Å²) < 4.78 is 0. The lowest BCUT2D eigenvalue weighted by atomic mass is 10.1. The number of carboxylic acid groups (broad SMARTS) is 1. The van der Waals surface area contributed by atoms with E-state index in [1.807, 2.05) is 17.5 Å². The molecule has 100 valence electrons. The van der Waals surface area contributed by atoms with Crippen molar-refractivity contribution in [1.29, 1.82) is 0 Å². The highest BCUT2D eigenvalue weighted by Gasteiger charge is 2.24. The first-order chi connectivity index (χ1) is 8.99. The van der Waals surface area contributed by atoms with Crippen molar-refractivity contribution < 1.29 is 15.0 Å². The minimum Gasteiger partial charge on any atom is -0.476 e. The minimum absolute atomic E-state index is 0.115. The highest BCUT2D eigenvalue weighted by Crippen LogP contribution is 2.25. The van der Waals surface area contributed by atoms with Gasteiger partial charge in [-0.15, -0.1) is 11.3 Å². The molecule has 0 aliphatic heterocycles. The zero-order valence-corrected chi connectivity index (χ0v) is 11.0. The average Bonchev–Trinajstić information content (AvgIpc) is 2.91. The number of nitrogens with one attached hydrogen (secondary N) is 1. The van der Waals surface area contributed by atoms with Gasteiger partial charge in [-0.3, -0.25) is 0 Å². The summed E-state index contributed by atoms with van der Waals surface area (Å²) in [5, 5.41) is 23.8. The monoisotopic (exact) mass is 279 g/mol. The van der Waals surface area contributed by atoms with Crippen LogP contribution in [0.2, 0.25) is 0 Å². The fourth-order valence-corrected chi connectivity index (χ4v) is 2.25. The Morgan fingerprint density at radius 3 is 2.79 bits per heavy atom. The van der Waals surface area contributed by atoms with Crippen molar-refractivity contribution >= 4 is 23.1 Å². The predicted molar refractivity (Wildman–Crippen MR) is 71.4 cm³/mol. The van der Waals surface area contributed by atoms with Gasteiger partial charge in [0, 0.05) is 11.4 Å². The minimum atomic E-state index is -1.12. The Bertz CT molecular complexity index is 552. The van der Waals surface area contributed by atoms with Crippen LogP contribution in [0.5, 0.6) is 0 Å². The number of aliphatic hydroxyl groups is 1. The van der Waals surface area contributed by atoms with E-state index in [1.54, 1.807) is 6.92 Å². The molecule has 0 amide bonds. The fraction of sp³-hybridized carbons (Fsp3) is 0.250. The Labute approximate surface area is 113 Å². The van der Waals surface area contributed by atoms with Crippen molar-refractivity contribution in [1.82, 2.24) is 9.97 Å². The first-order valence-corrected chi connectivity index (χ1v) is 6.42. The van der Waals surface area contributed by atoms with Crippen LogP contribution in [0, 0.1) is 0 Å². The molecule has 0 saturated carbocycles. The van der Waals surface area contributed by atoms with Crippen molar-refractivity contribution in [2.45, 2.75) is 12.5 Å². The van der Waals surface area contributed by atoms with Crippen molar-refractivity contribution in [2.24, 2.45) is 0 Å². The van der Waals surface area contributed by atoms with Crippen LogP contribution in [0.1, 0.15) is 22.3 Å². The molecule has 0 saturated heterocycles. The van der Waals surface area contributed by atoms with Crippen LogP contribution < -0.4 is 5.32 Å². The third-order valence-corrected chi connectivity index (χ3v) is 3.66. The molecular weight excluding hydrogens is 266 g/mol.